The van der Waals surface area contributed by atoms with E-state index in [1.54, 1.807) is 37.3 Å². The largest absolute Gasteiger partial charge is 0.462 e. The van der Waals surface area contributed by atoms with Crippen LogP contribution in [0.3, 0.4) is 0 Å². The number of aromatic nitrogens is 1. The van der Waals surface area contributed by atoms with E-state index in [9.17, 15) is 14.4 Å². The number of carbonyl (C=O) groups excluding carboxylic acids is 3. The van der Waals surface area contributed by atoms with E-state index in [0.29, 0.717) is 17.9 Å². The minimum absolute atomic E-state index is 0.183. The molecule has 0 spiro atoms. The Kier molecular flexibility index (Phi) is 4.15. The lowest BCUT2D eigenvalue weighted by Crippen LogP contribution is -2.22. The highest BCUT2D eigenvalue weighted by Crippen LogP contribution is 2.17. The van der Waals surface area contributed by atoms with Crippen molar-refractivity contribution in [2.45, 2.75) is 6.92 Å². The molecular formula is C17H15N3O4. The first kappa shape index (κ1) is 15.5. The lowest BCUT2D eigenvalue weighted by molar-refractivity contribution is -0.115. The minimum atomic E-state index is -0.539. The lowest BCUT2D eigenvalue weighted by Gasteiger charge is -2.08. The van der Waals surface area contributed by atoms with Gasteiger partial charge in [0.15, 0.2) is 0 Å². The van der Waals surface area contributed by atoms with Crippen LogP contribution in [0.5, 0.6) is 0 Å². The molecular weight excluding hydrogens is 310 g/mol. The van der Waals surface area contributed by atoms with Crippen molar-refractivity contribution in [2.24, 2.45) is 0 Å². The van der Waals surface area contributed by atoms with Crippen LogP contribution in [-0.2, 0) is 9.53 Å². The van der Waals surface area contributed by atoms with Crippen molar-refractivity contribution in [3.63, 3.8) is 0 Å². The van der Waals surface area contributed by atoms with Gasteiger partial charge in [-0.2, -0.15) is 0 Å². The van der Waals surface area contributed by atoms with Gasteiger partial charge in [0.05, 0.1) is 12.2 Å². The summed E-state index contributed by atoms with van der Waals surface area (Å²) < 4.78 is 6.79. The standard InChI is InChI=1S/C17H15N3O4/c1-2-24-16(22)11-5-7-12(8-6-11)20-9-3-4-13(20)10-14-15(21)19-17(23)18-14/h3-10H,2H2,1H3,(H2,18,19,21,23)/b14-10+. The summed E-state index contributed by atoms with van der Waals surface area (Å²) in [4.78, 5) is 34.5. The maximum absolute atomic E-state index is 11.7. The highest BCUT2D eigenvalue weighted by Gasteiger charge is 2.23. The summed E-state index contributed by atoms with van der Waals surface area (Å²) in [5.41, 5.74) is 2.18. The van der Waals surface area contributed by atoms with Crippen molar-refractivity contribution in [2.75, 3.05) is 6.61 Å². The zero-order valence-electron chi connectivity index (χ0n) is 12.9. The van der Waals surface area contributed by atoms with Gasteiger partial charge in [-0.05, 0) is 49.4 Å². The van der Waals surface area contributed by atoms with E-state index in [2.05, 4.69) is 10.6 Å². The summed E-state index contributed by atoms with van der Waals surface area (Å²) in [6, 6.07) is 10.00. The third-order valence-electron chi connectivity index (χ3n) is 3.45. The summed E-state index contributed by atoms with van der Waals surface area (Å²) in [5.74, 6) is -0.838. The number of urea groups is 1. The number of benzene rings is 1. The van der Waals surface area contributed by atoms with Gasteiger partial charge in [0.25, 0.3) is 5.91 Å². The van der Waals surface area contributed by atoms with E-state index in [-0.39, 0.29) is 11.7 Å². The van der Waals surface area contributed by atoms with Gasteiger partial charge in [0.2, 0.25) is 0 Å². The van der Waals surface area contributed by atoms with Gasteiger partial charge in [-0.3, -0.25) is 10.1 Å². The van der Waals surface area contributed by atoms with Crippen LogP contribution in [0.2, 0.25) is 0 Å². The Balaban J connectivity index is 1.88. The van der Waals surface area contributed by atoms with Crippen LogP contribution in [0.25, 0.3) is 11.8 Å². The third kappa shape index (κ3) is 3.05. The molecule has 7 heteroatoms. The molecule has 1 aliphatic rings. The van der Waals surface area contributed by atoms with Crippen LogP contribution >= 0.6 is 0 Å². The summed E-state index contributed by atoms with van der Waals surface area (Å²) in [7, 11) is 0. The Morgan fingerprint density at radius 3 is 2.54 bits per heavy atom. The Labute approximate surface area is 137 Å². The average Bonchev–Trinajstić information content (AvgIpc) is 3.14. The molecule has 7 nitrogen and oxygen atoms in total. The van der Waals surface area contributed by atoms with Crippen LogP contribution < -0.4 is 10.6 Å². The Bertz CT molecular complexity index is 834. The second-order valence-electron chi connectivity index (χ2n) is 5.04. The molecule has 0 radical (unpaired) electrons. The maximum atomic E-state index is 11.7. The molecule has 1 aromatic heterocycles. The average molecular weight is 325 g/mol. The molecule has 0 atom stereocenters. The highest BCUT2D eigenvalue weighted by molar-refractivity contribution is 6.13. The molecule has 122 valence electrons. The van der Waals surface area contributed by atoms with Crippen LogP contribution in [0.4, 0.5) is 4.79 Å². The molecule has 1 aliphatic heterocycles. The highest BCUT2D eigenvalue weighted by atomic mass is 16.5. The fourth-order valence-corrected chi connectivity index (χ4v) is 2.35. The molecule has 1 aromatic carbocycles. The molecule has 0 bridgehead atoms. The molecule has 0 unspecified atom stereocenters. The van der Waals surface area contributed by atoms with Gasteiger partial charge in [-0.15, -0.1) is 0 Å². The number of ether oxygens (including phenoxy) is 1. The number of nitrogens with one attached hydrogen (secondary N) is 2. The smallest absolute Gasteiger partial charge is 0.338 e. The van der Waals surface area contributed by atoms with Crippen LogP contribution in [0, 0.1) is 0 Å². The van der Waals surface area contributed by atoms with Crippen molar-refractivity contribution < 1.29 is 19.1 Å². The molecule has 1 saturated heterocycles. The monoisotopic (exact) mass is 325 g/mol. The number of imide groups is 1. The summed E-state index contributed by atoms with van der Waals surface area (Å²) in [6.45, 7) is 2.08. The van der Waals surface area contributed by atoms with E-state index in [1.165, 1.54) is 0 Å². The predicted molar refractivity (Wildman–Crippen MR) is 86.4 cm³/mol. The van der Waals surface area contributed by atoms with E-state index in [1.807, 2.05) is 22.9 Å². The summed E-state index contributed by atoms with van der Waals surface area (Å²) in [5, 5.41) is 4.60. The third-order valence-corrected chi connectivity index (χ3v) is 3.45. The van der Waals surface area contributed by atoms with Gasteiger partial charge in [-0.25, -0.2) is 9.59 Å². The zero-order chi connectivity index (χ0) is 17.1. The fourth-order valence-electron chi connectivity index (χ4n) is 2.35. The number of hydrogen-bond acceptors (Lipinski definition) is 4. The van der Waals surface area contributed by atoms with E-state index < -0.39 is 11.9 Å². The van der Waals surface area contributed by atoms with Crippen molar-refractivity contribution in [1.29, 1.82) is 0 Å². The number of rotatable bonds is 4. The molecule has 3 rings (SSSR count). The number of carbonyl (C=O) groups is 3. The van der Waals surface area contributed by atoms with Crippen molar-refractivity contribution in [1.82, 2.24) is 15.2 Å². The van der Waals surface area contributed by atoms with Gasteiger partial charge in [0.1, 0.15) is 5.70 Å². The number of amides is 3. The van der Waals surface area contributed by atoms with E-state index in [4.69, 9.17) is 4.74 Å². The number of hydrogen-bond donors (Lipinski definition) is 2. The van der Waals surface area contributed by atoms with Crippen LogP contribution in [0.15, 0.2) is 48.3 Å². The van der Waals surface area contributed by atoms with Crippen LogP contribution in [0.1, 0.15) is 23.0 Å². The quantitative estimate of drug-likeness (QED) is 0.510. The summed E-state index contributed by atoms with van der Waals surface area (Å²) in [6.07, 6.45) is 3.40. The first-order valence-electron chi connectivity index (χ1n) is 7.37. The van der Waals surface area contributed by atoms with Crippen molar-refractivity contribution in [3.05, 3.63) is 59.5 Å². The Morgan fingerprint density at radius 1 is 1.17 bits per heavy atom. The first-order valence-corrected chi connectivity index (χ1v) is 7.37. The maximum Gasteiger partial charge on any atom is 0.338 e. The molecule has 0 saturated carbocycles. The summed E-state index contributed by atoms with van der Waals surface area (Å²) >= 11 is 0. The zero-order valence-corrected chi connectivity index (χ0v) is 12.9. The van der Waals surface area contributed by atoms with Crippen molar-refractivity contribution >= 4 is 24.0 Å². The van der Waals surface area contributed by atoms with E-state index >= 15 is 0 Å². The topological polar surface area (TPSA) is 89.4 Å². The van der Waals surface area contributed by atoms with Gasteiger partial charge in [0, 0.05) is 17.6 Å². The van der Waals surface area contributed by atoms with Gasteiger partial charge in [-0.1, -0.05) is 0 Å². The Hall–Kier alpha value is -3.35. The first-order chi connectivity index (χ1) is 11.6. The fraction of sp³-hybridized carbons (Fsp3) is 0.118. The Morgan fingerprint density at radius 2 is 1.92 bits per heavy atom. The molecule has 24 heavy (non-hydrogen) atoms. The molecule has 2 aromatic rings. The molecule has 1 fully saturated rings. The molecule has 2 heterocycles. The second-order valence-corrected chi connectivity index (χ2v) is 5.04. The predicted octanol–water partition coefficient (Wildman–Crippen LogP) is 1.83. The van der Waals surface area contributed by atoms with Crippen molar-refractivity contribution in [3.8, 4) is 5.69 Å². The number of nitrogens with zero attached hydrogens (tertiary/aromatic N) is 1. The SMILES string of the molecule is CCOC(=O)c1ccc(-n2cccc2/C=C2/NC(=O)NC2=O)cc1. The molecule has 2 N–H and O–H groups in total. The minimum Gasteiger partial charge on any atom is -0.462 e. The molecule has 3 amide bonds. The number of esters is 1. The molecule has 0 aliphatic carbocycles. The normalized spacial score (nSPS) is 15.3. The second kappa shape index (κ2) is 6.41. The lowest BCUT2D eigenvalue weighted by atomic mass is 10.2. The van der Waals surface area contributed by atoms with Crippen LogP contribution in [-0.4, -0.2) is 29.1 Å². The van der Waals surface area contributed by atoms with Gasteiger partial charge >= 0.3 is 12.0 Å². The van der Waals surface area contributed by atoms with E-state index in [0.717, 1.165) is 5.69 Å². The van der Waals surface area contributed by atoms with Gasteiger partial charge < -0.3 is 14.6 Å².